The molecule has 3 fully saturated rings. The van der Waals surface area contributed by atoms with Gasteiger partial charge in [0.2, 0.25) is 5.91 Å². The van der Waals surface area contributed by atoms with Crippen LogP contribution < -0.4 is 5.73 Å². The van der Waals surface area contributed by atoms with Crippen LogP contribution in [0.4, 0.5) is 4.39 Å². The normalized spacial score (nSPS) is 26.1. The van der Waals surface area contributed by atoms with Crippen molar-refractivity contribution in [2.24, 2.45) is 17.6 Å². The molecule has 1 amide bonds. The van der Waals surface area contributed by atoms with Crippen LogP contribution in [0.15, 0.2) is 34.9 Å². The molecule has 2 aromatic heterocycles. The van der Waals surface area contributed by atoms with Crippen LogP contribution in [0.5, 0.6) is 0 Å². The fourth-order valence-corrected chi connectivity index (χ4v) is 8.38. The molecule has 0 radical (unpaired) electrons. The predicted molar refractivity (Wildman–Crippen MR) is 150 cm³/mol. The smallest absolute Gasteiger partial charge is 0.248 e. The summed E-state index contributed by atoms with van der Waals surface area (Å²) in [5, 5.41) is 17.8. The summed E-state index contributed by atoms with van der Waals surface area (Å²) in [6, 6.07) is 7.99. The van der Waals surface area contributed by atoms with Gasteiger partial charge in [0.1, 0.15) is 27.6 Å². The number of aromatic nitrogens is 2. The van der Waals surface area contributed by atoms with Crippen molar-refractivity contribution in [3.8, 4) is 11.3 Å². The molecule has 0 spiro atoms. The lowest BCUT2D eigenvalue weighted by Gasteiger charge is -2.41. The second-order valence-electron chi connectivity index (χ2n) is 11.1. The molecule has 3 aliphatic carbocycles. The Bertz CT molecular complexity index is 1620. The molecule has 3 N–H and O–H groups in total. The first-order chi connectivity index (χ1) is 19.2. The Morgan fingerprint density at radius 3 is 2.52 bits per heavy atom. The summed E-state index contributed by atoms with van der Waals surface area (Å²) >= 11 is 14.2. The number of fused-ring (bicyclic) bond motifs is 3. The number of rotatable bonds is 7. The number of carbonyl (C=O) groups excluding carboxylic acids is 1. The Hall–Kier alpha value is -2.56. The summed E-state index contributed by atoms with van der Waals surface area (Å²) in [6.07, 6.45) is 4.94. The molecule has 11 heteroatoms. The monoisotopic (exact) mass is 601 g/mol. The molecule has 208 valence electrons. The van der Waals surface area contributed by atoms with Gasteiger partial charge in [-0.2, -0.15) is 0 Å². The fraction of sp³-hybridized carbons (Fsp3) is 0.414. The van der Waals surface area contributed by atoms with E-state index in [1.54, 1.807) is 24.3 Å². The van der Waals surface area contributed by atoms with E-state index in [0.717, 1.165) is 43.1 Å². The Labute approximate surface area is 243 Å². The molecule has 0 saturated heterocycles. The average molecular weight is 603 g/mol. The second-order valence-corrected chi connectivity index (χ2v) is 13.0. The summed E-state index contributed by atoms with van der Waals surface area (Å²) in [5.74, 6) is -0.339. The number of benzene rings is 2. The van der Waals surface area contributed by atoms with E-state index < -0.39 is 17.3 Å². The van der Waals surface area contributed by atoms with Crippen LogP contribution >= 0.6 is 34.5 Å². The van der Waals surface area contributed by atoms with Gasteiger partial charge in [-0.1, -0.05) is 34.4 Å². The lowest BCUT2D eigenvalue weighted by atomic mass is 9.73. The maximum Gasteiger partial charge on any atom is 0.248 e. The Morgan fingerprint density at radius 1 is 1.18 bits per heavy atom. The maximum absolute atomic E-state index is 14.7. The third-order valence-corrected chi connectivity index (χ3v) is 10.5. The van der Waals surface area contributed by atoms with Crippen LogP contribution in [0.2, 0.25) is 10.0 Å². The van der Waals surface area contributed by atoms with Gasteiger partial charge in [0.25, 0.3) is 0 Å². The molecule has 40 heavy (non-hydrogen) atoms. The fourth-order valence-electron chi connectivity index (χ4n) is 6.54. The molecule has 4 atom stereocenters. The molecule has 7 rings (SSSR count). The number of nitrogens with two attached hydrogens (primary N) is 1. The first-order valence-corrected chi connectivity index (χ1v) is 15.0. The van der Waals surface area contributed by atoms with Crippen molar-refractivity contribution in [3.05, 3.63) is 68.1 Å². The minimum absolute atomic E-state index is 0.0816. The Kier molecular flexibility index (Phi) is 6.44. The maximum atomic E-state index is 14.7. The molecule has 2 heterocycles. The zero-order chi connectivity index (χ0) is 27.8. The van der Waals surface area contributed by atoms with Gasteiger partial charge in [0, 0.05) is 22.6 Å². The highest BCUT2D eigenvalue weighted by atomic mass is 35.5. The molecule has 0 aliphatic heterocycles. The van der Waals surface area contributed by atoms with E-state index in [1.807, 2.05) is 0 Å². The van der Waals surface area contributed by atoms with E-state index >= 15 is 0 Å². The number of thiazole rings is 1. The molecule has 2 unspecified atom stereocenters. The standard InChI is InChI=1S/C29H26Cl2FN3O4S/c30-19-2-1-3-20(31)23(19)24-18(26(39-35-24)13-4-5-13)12-38-17-10-15-6-7-16(11-17)29(15,37)28-34-25-21(32)8-14(27(33)36)9-22(25)40-28/h1-3,8-9,13,15-17,37H,4-7,10-12H2,(H2,33,36)/t15-,16+,17?,29?. The number of hydrogen-bond donors (Lipinski definition) is 2. The summed E-state index contributed by atoms with van der Waals surface area (Å²) in [4.78, 5) is 16.1. The quantitative estimate of drug-likeness (QED) is 0.237. The highest BCUT2D eigenvalue weighted by molar-refractivity contribution is 7.18. The number of halogens is 3. The van der Waals surface area contributed by atoms with Gasteiger partial charge in [-0.15, -0.1) is 11.3 Å². The minimum Gasteiger partial charge on any atom is -0.382 e. The van der Waals surface area contributed by atoms with Crippen LogP contribution in [0, 0.1) is 17.7 Å². The molecule has 3 saturated carbocycles. The van der Waals surface area contributed by atoms with E-state index in [1.165, 1.54) is 11.3 Å². The van der Waals surface area contributed by atoms with Crippen molar-refractivity contribution in [1.29, 1.82) is 0 Å². The van der Waals surface area contributed by atoms with Crippen molar-refractivity contribution in [2.75, 3.05) is 0 Å². The van der Waals surface area contributed by atoms with Gasteiger partial charge in [-0.25, -0.2) is 9.37 Å². The zero-order valence-corrected chi connectivity index (χ0v) is 23.7. The number of amides is 1. The lowest BCUT2D eigenvalue weighted by molar-refractivity contribution is -0.116. The van der Waals surface area contributed by atoms with Gasteiger partial charge >= 0.3 is 0 Å². The number of primary amides is 1. The van der Waals surface area contributed by atoms with E-state index in [9.17, 15) is 14.3 Å². The second kappa shape index (κ2) is 9.77. The molecule has 2 bridgehead atoms. The third kappa shape index (κ3) is 4.25. The molecule has 7 nitrogen and oxygen atoms in total. The molecule has 3 aliphatic rings. The van der Waals surface area contributed by atoms with E-state index in [0.29, 0.717) is 56.4 Å². The average Bonchev–Trinajstić information content (AvgIpc) is 3.49. The minimum atomic E-state index is -1.17. The number of hydrogen-bond acceptors (Lipinski definition) is 7. The number of aliphatic hydroxyl groups is 1. The largest absolute Gasteiger partial charge is 0.382 e. The highest BCUT2D eigenvalue weighted by Crippen LogP contribution is 2.57. The van der Waals surface area contributed by atoms with Crippen LogP contribution in [-0.2, 0) is 16.9 Å². The van der Waals surface area contributed by atoms with Crippen LogP contribution in [0.3, 0.4) is 0 Å². The first-order valence-electron chi connectivity index (χ1n) is 13.4. The zero-order valence-electron chi connectivity index (χ0n) is 21.3. The van der Waals surface area contributed by atoms with Gasteiger partial charge in [0.05, 0.1) is 27.5 Å². The highest BCUT2D eigenvalue weighted by Gasteiger charge is 2.56. The Balaban J connectivity index is 1.14. The van der Waals surface area contributed by atoms with E-state index in [4.69, 9.17) is 38.2 Å². The van der Waals surface area contributed by atoms with E-state index in [2.05, 4.69) is 10.1 Å². The predicted octanol–water partition coefficient (Wildman–Crippen LogP) is 6.97. The van der Waals surface area contributed by atoms with Crippen molar-refractivity contribution < 1.29 is 23.6 Å². The number of ether oxygens (including phenoxy) is 1. The summed E-state index contributed by atoms with van der Waals surface area (Å²) in [7, 11) is 0. The molecule has 4 aromatic rings. The summed E-state index contributed by atoms with van der Waals surface area (Å²) in [6.45, 7) is 0.303. The SMILES string of the molecule is NC(=O)c1cc(F)c2nc(C3(O)[C@@H]4CC[C@H]3CC(OCc3c(-c5c(Cl)cccc5Cl)noc3C3CC3)C4)sc2c1. The van der Waals surface area contributed by atoms with Gasteiger partial charge in [0.15, 0.2) is 5.82 Å². The number of carbonyl (C=O) groups is 1. The van der Waals surface area contributed by atoms with Gasteiger partial charge < -0.3 is 20.1 Å². The van der Waals surface area contributed by atoms with Crippen molar-refractivity contribution in [2.45, 2.75) is 62.8 Å². The van der Waals surface area contributed by atoms with E-state index in [-0.39, 0.29) is 29.0 Å². The van der Waals surface area contributed by atoms with Crippen molar-refractivity contribution in [1.82, 2.24) is 10.1 Å². The molecular formula is C29H26Cl2FN3O4S. The van der Waals surface area contributed by atoms with Crippen LogP contribution in [-0.4, -0.2) is 27.3 Å². The summed E-state index contributed by atoms with van der Waals surface area (Å²) < 4.78 is 27.5. The van der Waals surface area contributed by atoms with Gasteiger partial charge in [-0.05, 0) is 74.6 Å². The van der Waals surface area contributed by atoms with Crippen molar-refractivity contribution >= 4 is 50.7 Å². The van der Waals surface area contributed by atoms with Gasteiger partial charge in [-0.3, -0.25) is 4.79 Å². The van der Waals surface area contributed by atoms with Crippen LogP contribution in [0.25, 0.3) is 21.5 Å². The lowest BCUT2D eigenvalue weighted by Crippen LogP contribution is -2.44. The van der Waals surface area contributed by atoms with Crippen LogP contribution in [0.1, 0.15) is 71.1 Å². The Morgan fingerprint density at radius 2 is 1.88 bits per heavy atom. The number of nitrogens with zero attached hydrogens (tertiary/aromatic N) is 2. The third-order valence-electron chi connectivity index (χ3n) is 8.71. The van der Waals surface area contributed by atoms with Crippen molar-refractivity contribution in [3.63, 3.8) is 0 Å². The molecular weight excluding hydrogens is 576 g/mol. The summed E-state index contributed by atoms with van der Waals surface area (Å²) in [5.41, 5.74) is 6.55. The topological polar surface area (TPSA) is 111 Å². The first kappa shape index (κ1) is 26.3. The molecule has 2 aromatic carbocycles.